The molecule has 2 aromatic carbocycles. The van der Waals surface area contributed by atoms with E-state index >= 15 is 0 Å². The van der Waals surface area contributed by atoms with Crippen LogP contribution >= 0.6 is 0 Å². The zero-order valence-electron chi connectivity index (χ0n) is 14.7. The van der Waals surface area contributed by atoms with Gasteiger partial charge in [0.25, 0.3) is 11.6 Å². The largest absolute Gasteiger partial charge is 0.377 e. The highest BCUT2D eigenvalue weighted by atomic mass is 32.2. The van der Waals surface area contributed by atoms with Crippen LogP contribution in [0.4, 0.5) is 27.1 Å². The second-order valence-corrected chi connectivity index (χ2v) is 7.62. The molecule has 2 rings (SSSR count). The number of carbonyl (C=O) groups excluding carboxylic acids is 1. The minimum atomic E-state index is -3.71. The normalized spacial score (nSPS) is 11.0. The molecule has 1 amide bonds. The van der Waals surface area contributed by atoms with Gasteiger partial charge in [0.05, 0.1) is 22.4 Å². The molecule has 0 fully saturated rings. The molecule has 9 nitrogen and oxygen atoms in total. The second-order valence-electron chi connectivity index (χ2n) is 5.88. The third-order valence-electron chi connectivity index (χ3n) is 3.44. The number of nitro benzene ring substituents is 1. The molecular formula is C16H17FN4O5S. The number of hydrogen-bond donors (Lipinski definition) is 2. The molecule has 0 bridgehead atoms. The predicted molar refractivity (Wildman–Crippen MR) is 100 cm³/mol. The van der Waals surface area contributed by atoms with Gasteiger partial charge >= 0.3 is 0 Å². The Balaban J connectivity index is 2.38. The molecular weight excluding hydrogens is 379 g/mol. The van der Waals surface area contributed by atoms with E-state index < -0.39 is 26.7 Å². The highest BCUT2D eigenvalue weighted by Gasteiger charge is 2.19. The van der Waals surface area contributed by atoms with Crippen LogP contribution in [0.15, 0.2) is 36.4 Å². The molecule has 0 aliphatic heterocycles. The summed E-state index contributed by atoms with van der Waals surface area (Å²) in [5, 5.41) is 13.5. The highest BCUT2D eigenvalue weighted by molar-refractivity contribution is 7.92. The van der Waals surface area contributed by atoms with E-state index in [0.717, 1.165) is 24.5 Å². The van der Waals surface area contributed by atoms with Crippen LogP contribution in [-0.2, 0) is 10.0 Å². The monoisotopic (exact) mass is 396 g/mol. The van der Waals surface area contributed by atoms with Crippen molar-refractivity contribution in [1.29, 1.82) is 0 Å². The summed E-state index contributed by atoms with van der Waals surface area (Å²) < 4.78 is 38.3. The van der Waals surface area contributed by atoms with Crippen LogP contribution < -0.4 is 14.9 Å². The smallest absolute Gasteiger partial charge is 0.270 e. The van der Waals surface area contributed by atoms with Crippen LogP contribution in [0, 0.1) is 15.9 Å². The Morgan fingerprint density at radius 3 is 2.41 bits per heavy atom. The molecule has 0 aromatic heterocycles. The van der Waals surface area contributed by atoms with Gasteiger partial charge in [-0.25, -0.2) is 12.8 Å². The number of anilines is 3. The molecule has 27 heavy (non-hydrogen) atoms. The van der Waals surface area contributed by atoms with E-state index in [2.05, 4.69) is 5.32 Å². The molecule has 2 N–H and O–H groups in total. The minimum Gasteiger partial charge on any atom is -0.377 e. The molecule has 0 saturated heterocycles. The van der Waals surface area contributed by atoms with Gasteiger partial charge in [-0.05, 0) is 24.3 Å². The van der Waals surface area contributed by atoms with E-state index in [9.17, 15) is 27.7 Å². The predicted octanol–water partition coefficient (Wildman–Crippen LogP) is 2.42. The Bertz CT molecular complexity index is 1010. The van der Waals surface area contributed by atoms with Crippen LogP contribution in [0.2, 0.25) is 0 Å². The number of non-ortho nitro benzene ring substituents is 1. The van der Waals surface area contributed by atoms with Gasteiger partial charge in [-0.3, -0.25) is 19.6 Å². The summed E-state index contributed by atoms with van der Waals surface area (Å²) >= 11 is 0. The van der Waals surface area contributed by atoms with E-state index in [1.807, 2.05) is 4.72 Å². The summed E-state index contributed by atoms with van der Waals surface area (Å²) in [6.45, 7) is 0. The SMILES string of the molecule is CN(C)c1ccc([N+](=O)[O-])cc1C(=O)Nc1ccc(F)c(NS(C)(=O)=O)c1. The lowest BCUT2D eigenvalue weighted by molar-refractivity contribution is -0.384. The molecule has 0 aliphatic carbocycles. The number of hydrogen-bond acceptors (Lipinski definition) is 6. The summed E-state index contributed by atoms with van der Waals surface area (Å²) in [5.41, 5.74) is 0.000990. The van der Waals surface area contributed by atoms with Crippen molar-refractivity contribution in [2.75, 3.05) is 35.3 Å². The number of rotatable bonds is 6. The number of nitrogens with zero attached hydrogens (tertiary/aromatic N) is 2. The van der Waals surface area contributed by atoms with Gasteiger partial charge in [-0.15, -0.1) is 0 Å². The first-order valence-electron chi connectivity index (χ1n) is 7.52. The third kappa shape index (κ3) is 5.14. The maximum atomic E-state index is 13.8. The maximum Gasteiger partial charge on any atom is 0.270 e. The van der Waals surface area contributed by atoms with Crippen LogP contribution in [0.5, 0.6) is 0 Å². The maximum absolute atomic E-state index is 13.8. The van der Waals surface area contributed by atoms with Crippen molar-refractivity contribution in [3.63, 3.8) is 0 Å². The Labute approximate surface area is 155 Å². The molecule has 0 aliphatic rings. The number of halogens is 1. The van der Waals surface area contributed by atoms with E-state index in [1.54, 1.807) is 19.0 Å². The summed E-state index contributed by atoms with van der Waals surface area (Å²) in [7, 11) is -0.373. The number of benzene rings is 2. The van der Waals surface area contributed by atoms with Crippen molar-refractivity contribution in [2.24, 2.45) is 0 Å². The molecule has 144 valence electrons. The number of sulfonamides is 1. The minimum absolute atomic E-state index is 0.0381. The van der Waals surface area contributed by atoms with Crippen molar-refractivity contribution in [3.05, 3.63) is 57.9 Å². The van der Waals surface area contributed by atoms with Gasteiger partial charge in [0.2, 0.25) is 10.0 Å². The lowest BCUT2D eigenvalue weighted by Crippen LogP contribution is -2.19. The van der Waals surface area contributed by atoms with Gasteiger partial charge in [0, 0.05) is 37.6 Å². The first-order chi connectivity index (χ1) is 12.5. The van der Waals surface area contributed by atoms with E-state index in [1.165, 1.54) is 18.2 Å². The van der Waals surface area contributed by atoms with Crippen LogP contribution in [0.25, 0.3) is 0 Å². The third-order valence-corrected chi connectivity index (χ3v) is 4.03. The molecule has 0 radical (unpaired) electrons. The van der Waals surface area contributed by atoms with Gasteiger partial charge in [0.15, 0.2) is 0 Å². The zero-order chi connectivity index (χ0) is 20.4. The van der Waals surface area contributed by atoms with Gasteiger partial charge in [-0.1, -0.05) is 0 Å². The van der Waals surface area contributed by atoms with Crippen molar-refractivity contribution < 1.29 is 22.5 Å². The highest BCUT2D eigenvalue weighted by Crippen LogP contribution is 2.26. The lowest BCUT2D eigenvalue weighted by atomic mass is 10.1. The fraction of sp³-hybridized carbons (Fsp3) is 0.188. The number of amides is 1. The van der Waals surface area contributed by atoms with Gasteiger partial charge < -0.3 is 10.2 Å². The molecule has 0 atom stereocenters. The molecule has 0 spiro atoms. The summed E-state index contributed by atoms with van der Waals surface area (Å²) in [6.07, 6.45) is 0.865. The fourth-order valence-corrected chi connectivity index (χ4v) is 2.84. The number of carbonyl (C=O) groups is 1. The van der Waals surface area contributed by atoms with Crippen molar-refractivity contribution >= 4 is 38.7 Å². The lowest BCUT2D eigenvalue weighted by Gasteiger charge is -2.17. The molecule has 0 heterocycles. The van der Waals surface area contributed by atoms with Crippen molar-refractivity contribution in [2.45, 2.75) is 0 Å². The Kier molecular flexibility index (Phi) is 5.64. The quantitative estimate of drug-likeness (QED) is 0.571. The molecule has 2 aromatic rings. The zero-order valence-corrected chi connectivity index (χ0v) is 15.5. The molecule has 0 unspecified atom stereocenters. The standard InChI is InChI=1S/C16H17FN4O5S/c1-20(2)15-7-5-11(21(23)24)9-12(15)16(22)18-10-4-6-13(17)14(8-10)19-27(3,25)26/h4-9,19H,1-3H3,(H,18,22). The van der Waals surface area contributed by atoms with Crippen molar-refractivity contribution in [1.82, 2.24) is 0 Å². The van der Waals surface area contributed by atoms with Gasteiger partial charge in [-0.2, -0.15) is 0 Å². The molecule has 11 heteroatoms. The van der Waals surface area contributed by atoms with E-state index in [4.69, 9.17) is 0 Å². The molecule has 0 saturated carbocycles. The van der Waals surface area contributed by atoms with Crippen LogP contribution in [0.1, 0.15) is 10.4 Å². The summed E-state index contributed by atoms with van der Waals surface area (Å²) in [6, 6.07) is 7.19. The second kappa shape index (κ2) is 7.58. The Hall–Kier alpha value is -3.21. The Morgan fingerprint density at radius 2 is 1.85 bits per heavy atom. The average molecular weight is 396 g/mol. The Morgan fingerprint density at radius 1 is 1.19 bits per heavy atom. The van der Waals surface area contributed by atoms with Gasteiger partial charge in [0.1, 0.15) is 5.82 Å². The topological polar surface area (TPSA) is 122 Å². The first kappa shape index (κ1) is 20.1. The van der Waals surface area contributed by atoms with E-state index in [0.29, 0.717) is 5.69 Å². The van der Waals surface area contributed by atoms with Crippen molar-refractivity contribution in [3.8, 4) is 0 Å². The first-order valence-corrected chi connectivity index (χ1v) is 9.41. The number of nitro groups is 1. The average Bonchev–Trinajstić information content (AvgIpc) is 2.55. The van der Waals surface area contributed by atoms with Crippen LogP contribution in [0.3, 0.4) is 0 Å². The van der Waals surface area contributed by atoms with E-state index in [-0.39, 0.29) is 22.6 Å². The fourth-order valence-electron chi connectivity index (χ4n) is 2.29. The summed E-state index contributed by atoms with van der Waals surface area (Å²) in [4.78, 5) is 24.6. The van der Waals surface area contributed by atoms with Crippen LogP contribution in [-0.4, -0.2) is 39.6 Å². The number of nitrogens with one attached hydrogen (secondary N) is 2. The summed E-state index contributed by atoms with van der Waals surface area (Å²) in [5.74, 6) is -1.48.